The number of hydrogen-bond acceptors (Lipinski definition) is 7. The van der Waals surface area contributed by atoms with Crippen molar-refractivity contribution >= 4 is 23.6 Å². The van der Waals surface area contributed by atoms with Crippen LogP contribution < -0.4 is 5.73 Å². The lowest BCUT2D eigenvalue weighted by Crippen LogP contribution is -2.47. The fourth-order valence-electron chi connectivity index (χ4n) is 3.56. The Balaban J connectivity index is 2.17. The Hall–Kier alpha value is -2.95. The number of esters is 1. The molecule has 8 heteroatoms. The number of ketones is 1. The summed E-state index contributed by atoms with van der Waals surface area (Å²) in [5.41, 5.74) is 5.23. The van der Waals surface area contributed by atoms with Gasteiger partial charge in [0.15, 0.2) is 6.61 Å². The van der Waals surface area contributed by atoms with Crippen molar-refractivity contribution in [2.45, 2.75) is 46.1 Å². The van der Waals surface area contributed by atoms with Crippen molar-refractivity contribution in [2.24, 2.45) is 23.5 Å². The van der Waals surface area contributed by atoms with Gasteiger partial charge in [0.1, 0.15) is 17.7 Å². The van der Waals surface area contributed by atoms with Crippen molar-refractivity contribution in [3.05, 3.63) is 23.4 Å². The van der Waals surface area contributed by atoms with Crippen LogP contribution in [0, 0.1) is 29.1 Å². The van der Waals surface area contributed by atoms with E-state index in [4.69, 9.17) is 15.7 Å². The van der Waals surface area contributed by atoms with Gasteiger partial charge in [0.05, 0.1) is 11.8 Å². The van der Waals surface area contributed by atoms with E-state index in [2.05, 4.69) is 0 Å². The third kappa shape index (κ3) is 4.30. The number of amides is 2. The fourth-order valence-corrected chi connectivity index (χ4v) is 3.56. The van der Waals surface area contributed by atoms with Gasteiger partial charge in [-0.05, 0) is 32.1 Å². The maximum absolute atomic E-state index is 12.8. The van der Waals surface area contributed by atoms with E-state index in [1.165, 1.54) is 6.92 Å². The minimum Gasteiger partial charge on any atom is -0.456 e. The quantitative estimate of drug-likeness (QED) is 0.228. The van der Waals surface area contributed by atoms with E-state index in [9.17, 15) is 19.2 Å². The van der Waals surface area contributed by atoms with Crippen LogP contribution in [-0.2, 0) is 23.9 Å². The molecular formula is C20H25N3O5. The Labute approximate surface area is 164 Å². The van der Waals surface area contributed by atoms with Crippen LogP contribution >= 0.6 is 0 Å². The first-order valence-corrected chi connectivity index (χ1v) is 9.27. The topological polar surface area (TPSA) is 131 Å². The molecule has 28 heavy (non-hydrogen) atoms. The maximum atomic E-state index is 12.8. The standard InChI is InChI=1S/C20H25N3O5/c1-11(2)8-16(20(27)28-10-17(24)15(9-21)12(3)22)23-18(25)13-6-4-5-7-14(13)19(23)26/h4-5,11,13-14,16H,6-8,10,22H2,1-3H3/b15-12+/t13-,14-,16-/m0/s1. The van der Waals surface area contributed by atoms with Gasteiger partial charge >= 0.3 is 5.97 Å². The number of likely N-dealkylation sites (tertiary alicyclic amines) is 1. The summed E-state index contributed by atoms with van der Waals surface area (Å²) >= 11 is 0. The van der Waals surface area contributed by atoms with Crippen molar-refractivity contribution in [3.8, 4) is 6.07 Å². The zero-order valence-corrected chi connectivity index (χ0v) is 16.3. The summed E-state index contributed by atoms with van der Waals surface area (Å²) < 4.78 is 5.07. The van der Waals surface area contributed by atoms with E-state index in [-0.39, 0.29) is 35.4 Å². The molecule has 1 fully saturated rings. The van der Waals surface area contributed by atoms with Crippen LogP contribution in [0.1, 0.15) is 40.0 Å². The number of carbonyl (C=O) groups is 4. The molecule has 3 atom stereocenters. The van der Waals surface area contributed by atoms with Crippen LogP contribution in [0.4, 0.5) is 0 Å². The van der Waals surface area contributed by atoms with Crippen LogP contribution in [0.3, 0.4) is 0 Å². The number of carbonyl (C=O) groups excluding carboxylic acids is 4. The zero-order valence-electron chi connectivity index (χ0n) is 16.3. The van der Waals surface area contributed by atoms with Gasteiger partial charge in [-0.25, -0.2) is 4.79 Å². The van der Waals surface area contributed by atoms with Crippen molar-refractivity contribution in [3.63, 3.8) is 0 Å². The number of rotatable bonds is 7. The first-order valence-electron chi connectivity index (χ1n) is 9.27. The molecule has 0 radical (unpaired) electrons. The van der Waals surface area contributed by atoms with Crippen LogP contribution in [0.5, 0.6) is 0 Å². The van der Waals surface area contributed by atoms with Crippen molar-refractivity contribution in [1.82, 2.24) is 4.90 Å². The average Bonchev–Trinajstić information content (AvgIpc) is 2.89. The van der Waals surface area contributed by atoms with E-state index in [0.29, 0.717) is 12.8 Å². The summed E-state index contributed by atoms with van der Waals surface area (Å²) in [6.45, 7) is 4.45. The second-order valence-electron chi connectivity index (χ2n) is 7.55. The molecule has 1 heterocycles. The molecular weight excluding hydrogens is 362 g/mol. The van der Waals surface area contributed by atoms with Crippen LogP contribution in [0.15, 0.2) is 23.4 Å². The molecule has 0 spiro atoms. The van der Waals surface area contributed by atoms with E-state index in [1.54, 1.807) is 6.07 Å². The number of nitrogens with zero attached hydrogens (tertiary/aromatic N) is 2. The predicted molar refractivity (Wildman–Crippen MR) is 98.9 cm³/mol. The first-order chi connectivity index (χ1) is 13.2. The van der Waals surface area contributed by atoms with Gasteiger partial charge in [-0.1, -0.05) is 26.0 Å². The number of fused-ring (bicyclic) bond motifs is 1. The van der Waals surface area contributed by atoms with Gasteiger partial charge in [0.25, 0.3) is 0 Å². The Bertz CT molecular complexity index is 760. The number of hydrogen-bond donors (Lipinski definition) is 1. The SMILES string of the molecule is C/C(N)=C(/C#N)C(=O)COC(=O)[C@H](CC(C)C)N1C(=O)[C@H]2CC=CC[C@@H]2C1=O. The van der Waals surface area contributed by atoms with Crippen LogP contribution in [0.2, 0.25) is 0 Å². The molecule has 0 aromatic carbocycles. The molecule has 0 bridgehead atoms. The van der Waals surface area contributed by atoms with Gasteiger partial charge in [-0.2, -0.15) is 5.26 Å². The van der Waals surface area contributed by atoms with Crippen LogP contribution in [-0.4, -0.2) is 41.1 Å². The molecule has 150 valence electrons. The summed E-state index contributed by atoms with van der Waals surface area (Å²) in [7, 11) is 0. The summed E-state index contributed by atoms with van der Waals surface area (Å²) in [5.74, 6) is -3.19. The number of nitrogens with two attached hydrogens (primary N) is 1. The highest BCUT2D eigenvalue weighted by Crippen LogP contribution is 2.37. The largest absolute Gasteiger partial charge is 0.456 e. The maximum Gasteiger partial charge on any atom is 0.329 e. The van der Waals surface area contributed by atoms with E-state index >= 15 is 0 Å². The van der Waals surface area contributed by atoms with Crippen molar-refractivity contribution in [1.29, 1.82) is 5.26 Å². The lowest BCUT2D eigenvalue weighted by atomic mass is 9.85. The number of allylic oxidation sites excluding steroid dienone is 3. The molecule has 2 amide bonds. The first kappa shape index (κ1) is 21.4. The van der Waals surface area contributed by atoms with E-state index in [1.807, 2.05) is 26.0 Å². The normalized spacial score (nSPS) is 23.2. The summed E-state index contributed by atoms with van der Waals surface area (Å²) in [6.07, 6.45) is 4.91. The molecule has 2 aliphatic rings. The third-order valence-corrected chi connectivity index (χ3v) is 4.95. The Morgan fingerprint density at radius 2 is 1.79 bits per heavy atom. The summed E-state index contributed by atoms with van der Waals surface area (Å²) in [6, 6.07) is 0.587. The Morgan fingerprint density at radius 1 is 1.25 bits per heavy atom. The molecule has 2 N–H and O–H groups in total. The minimum atomic E-state index is -1.09. The fraction of sp³-hybridized carbons (Fsp3) is 0.550. The number of Topliss-reactive ketones (excluding diaryl/α,β-unsaturated/α-hetero) is 1. The number of ether oxygens (including phenoxy) is 1. The summed E-state index contributed by atoms with van der Waals surface area (Å²) in [4.78, 5) is 51.3. The smallest absolute Gasteiger partial charge is 0.329 e. The second kappa shape index (κ2) is 8.83. The lowest BCUT2D eigenvalue weighted by Gasteiger charge is -2.26. The molecule has 0 saturated carbocycles. The van der Waals surface area contributed by atoms with Crippen LogP contribution in [0.25, 0.3) is 0 Å². The van der Waals surface area contributed by atoms with Gasteiger partial charge in [0, 0.05) is 5.70 Å². The molecule has 0 aromatic rings. The highest BCUT2D eigenvalue weighted by atomic mass is 16.5. The predicted octanol–water partition coefficient (Wildman–Crippen LogP) is 1.22. The number of imide groups is 1. The minimum absolute atomic E-state index is 0.00968. The Morgan fingerprint density at radius 3 is 2.21 bits per heavy atom. The Kier molecular flexibility index (Phi) is 6.73. The summed E-state index contributed by atoms with van der Waals surface area (Å²) in [5, 5.41) is 8.97. The van der Waals surface area contributed by atoms with Gasteiger partial charge in [-0.3, -0.25) is 19.3 Å². The number of nitriles is 1. The van der Waals surface area contributed by atoms with E-state index in [0.717, 1.165) is 4.90 Å². The van der Waals surface area contributed by atoms with E-state index < -0.39 is 36.2 Å². The highest BCUT2D eigenvalue weighted by Gasteiger charge is 2.51. The molecule has 0 aromatic heterocycles. The molecule has 8 nitrogen and oxygen atoms in total. The van der Waals surface area contributed by atoms with Gasteiger partial charge < -0.3 is 10.5 Å². The van der Waals surface area contributed by atoms with Crippen molar-refractivity contribution in [2.75, 3.05) is 6.61 Å². The monoisotopic (exact) mass is 387 g/mol. The molecule has 0 unspecified atom stereocenters. The molecule has 1 saturated heterocycles. The van der Waals surface area contributed by atoms with Crippen molar-refractivity contribution < 1.29 is 23.9 Å². The third-order valence-electron chi connectivity index (χ3n) is 4.95. The highest BCUT2D eigenvalue weighted by molar-refractivity contribution is 6.08. The molecule has 1 aliphatic heterocycles. The van der Waals surface area contributed by atoms with Gasteiger partial charge in [-0.15, -0.1) is 0 Å². The molecule has 1 aliphatic carbocycles. The lowest BCUT2D eigenvalue weighted by molar-refractivity contribution is -0.160. The second-order valence-corrected chi connectivity index (χ2v) is 7.55. The zero-order chi connectivity index (χ0) is 21.0. The molecule has 2 rings (SSSR count). The average molecular weight is 387 g/mol. The van der Waals surface area contributed by atoms with Gasteiger partial charge in [0.2, 0.25) is 17.6 Å².